The minimum atomic E-state index is 0.416. The van der Waals surface area contributed by atoms with Crippen molar-refractivity contribution in [3.8, 4) is 0 Å². The van der Waals surface area contributed by atoms with Crippen molar-refractivity contribution < 1.29 is 9.59 Å². The van der Waals surface area contributed by atoms with Crippen molar-refractivity contribution in [1.29, 1.82) is 0 Å². The first-order valence-corrected chi connectivity index (χ1v) is 3.34. The lowest BCUT2D eigenvalue weighted by atomic mass is 10.1. The molecule has 0 radical (unpaired) electrons. The van der Waals surface area contributed by atoms with Gasteiger partial charge in [-0.2, -0.15) is 0 Å². The summed E-state index contributed by atoms with van der Waals surface area (Å²) in [5, 5.41) is 0. The average Bonchev–Trinajstić information content (AvgIpc) is 2.07. The van der Waals surface area contributed by atoms with Crippen molar-refractivity contribution in [3.05, 3.63) is 35.4 Å². The van der Waals surface area contributed by atoms with E-state index in [0.29, 0.717) is 12.0 Å². The van der Waals surface area contributed by atoms with Gasteiger partial charge in [0, 0.05) is 12.0 Å². The number of rotatable bonds is 3. The summed E-state index contributed by atoms with van der Waals surface area (Å²) in [6.45, 7) is 0. The molecule has 2 heteroatoms. The zero-order valence-electron chi connectivity index (χ0n) is 5.99. The maximum absolute atomic E-state index is 10.2. The molecule has 2 nitrogen and oxygen atoms in total. The molecule has 0 aliphatic heterocycles. The first-order chi connectivity index (χ1) is 5.36. The van der Waals surface area contributed by atoms with Gasteiger partial charge in [0.1, 0.15) is 12.6 Å². The van der Waals surface area contributed by atoms with Crippen molar-refractivity contribution in [2.24, 2.45) is 0 Å². The van der Waals surface area contributed by atoms with Crippen LogP contribution in [-0.2, 0) is 11.2 Å². The van der Waals surface area contributed by atoms with Crippen LogP contribution >= 0.6 is 0 Å². The molecular formula is C9H8O2. The molecule has 0 heterocycles. The first-order valence-electron chi connectivity index (χ1n) is 3.34. The second-order valence-corrected chi connectivity index (χ2v) is 2.23. The van der Waals surface area contributed by atoms with E-state index in [1.807, 2.05) is 0 Å². The van der Waals surface area contributed by atoms with Gasteiger partial charge in [0.15, 0.2) is 0 Å². The highest BCUT2D eigenvalue weighted by Crippen LogP contribution is 2.01. The number of carbonyl (C=O) groups excluding carboxylic acids is 2. The smallest absolute Gasteiger partial charge is 0.150 e. The summed E-state index contributed by atoms with van der Waals surface area (Å²) < 4.78 is 0. The zero-order valence-corrected chi connectivity index (χ0v) is 5.99. The van der Waals surface area contributed by atoms with E-state index >= 15 is 0 Å². The summed E-state index contributed by atoms with van der Waals surface area (Å²) in [6, 6.07) is 6.95. The van der Waals surface area contributed by atoms with E-state index in [4.69, 9.17) is 0 Å². The predicted octanol–water partition coefficient (Wildman–Crippen LogP) is 1.24. The molecule has 0 aliphatic carbocycles. The first kappa shape index (κ1) is 7.66. The van der Waals surface area contributed by atoms with Crippen molar-refractivity contribution in [1.82, 2.24) is 0 Å². The Bertz CT molecular complexity index is 249. The number of hydrogen-bond acceptors (Lipinski definition) is 2. The van der Waals surface area contributed by atoms with Gasteiger partial charge in [-0.25, -0.2) is 0 Å². The van der Waals surface area contributed by atoms with Crippen molar-refractivity contribution >= 4 is 12.6 Å². The summed E-state index contributed by atoms with van der Waals surface area (Å²) in [7, 11) is 0. The minimum Gasteiger partial charge on any atom is -0.303 e. The number of carbonyl (C=O) groups is 2. The maximum atomic E-state index is 10.2. The Labute approximate surface area is 64.8 Å². The molecule has 0 aliphatic rings. The topological polar surface area (TPSA) is 34.1 Å². The van der Waals surface area contributed by atoms with Crippen molar-refractivity contribution in [2.45, 2.75) is 6.42 Å². The zero-order chi connectivity index (χ0) is 8.10. The van der Waals surface area contributed by atoms with Gasteiger partial charge in [-0.05, 0) is 5.56 Å². The van der Waals surface area contributed by atoms with Crippen LogP contribution in [0.1, 0.15) is 15.9 Å². The standard InChI is InChI=1S/C9H8O2/c10-6-5-8-1-3-9(7-11)4-2-8/h1-4,6-7H,5H2. The van der Waals surface area contributed by atoms with E-state index in [9.17, 15) is 9.59 Å². The Balaban J connectivity index is 2.81. The normalized spacial score (nSPS) is 9.09. The third-order valence-electron chi connectivity index (χ3n) is 1.43. The van der Waals surface area contributed by atoms with E-state index < -0.39 is 0 Å². The highest BCUT2D eigenvalue weighted by atomic mass is 16.1. The SMILES string of the molecule is O=CCc1ccc(C=O)cc1. The van der Waals surface area contributed by atoms with Crippen LogP contribution in [0.3, 0.4) is 0 Å². The van der Waals surface area contributed by atoms with Crippen molar-refractivity contribution in [3.63, 3.8) is 0 Å². The van der Waals surface area contributed by atoms with Crippen LogP contribution in [-0.4, -0.2) is 12.6 Å². The van der Waals surface area contributed by atoms with E-state index in [1.54, 1.807) is 24.3 Å². The summed E-state index contributed by atoms with van der Waals surface area (Å²) >= 11 is 0. The molecule has 0 fully saturated rings. The molecule has 0 spiro atoms. The highest BCUT2D eigenvalue weighted by molar-refractivity contribution is 5.74. The Kier molecular flexibility index (Phi) is 2.55. The second-order valence-electron chi connectivity index (χ2n) is 2.23. The highest BCUT2D eigenvalue weighted by Gasteiger charge is 1.91. The molecule has 0 saturated carbocycles. The van der Waals surface area contributed by atoms with Gasteiger partial charge >= 0.3 is 0 Å². The quantitative estimate of drug-likeness (QED) is 0.604. The van der Waals surface area contributed by atoms with Gasteiger partial charge in [0.05, 0.1) is 0 Å². The molecule has 0 amide bonds. The fourth-order valence-corrected chi connectivity index (χ4v) is 0.829. The number of aldehydes is 2. The van der Waals surface area contributed by atoms with E-state index in [1.165, 1.54) is 0 Å². The Hall–Kier alpha value is -1.44. The monoisotopic (exact) mass is 148 g/mol. The average molecular weight is 148 g/mol. The third-order valence-corrected chi connectivity index (χ3v) is 1.43. The van der Waals surface area contributed by atoms with Crippen LogP contribution in [0.5, 0.6) is 0 Å². The lowest BCUT2D eigenvalue weighted by Gasteiger charge is -1.93. The van der Waals surface area contributed by atoms with Gasteiger partial charge in [0.25, 0.3) is 0 Å². The summed E-state index contributed by atoms with van der Waals surface area (Å²) in [6.07, 6.45) is 2.04. The minimum absolute atomic E-state index is 0.416. The van der Waals surface area contributed by atoms with Crippen molar-refractivity contribution in [2.75, 3.05) is 0 Å². The number of hydrogen-bond donors (Lipinski definition) is 0. The Morgan fingerprint density at radius 3 is 2.18 bits per heavy atom. The van der Waals surface area contributed by atoms with Crippen LogP contribution < -0.4 is 0 Å². The maximum Gasteiger partial charge on any atom is 0.150 e. The van der Waals surface area contributed by atoms with E-state index in [2.05, 4.69) is 0 Å². The third kappa shape index (κ3) is 2.00. The molecule has 56 valence electrons. The largest absolute Gasteiger partial charge is 0.303 e. The molecule has 0 atom stereocenters. The molecule has 0 unspecified atom stereocenters. The Morgan fingerprint density at radius 2 is 1.73 bits per heavy atom. The van der Waals surface area contributed by atoms with Gasteiger partial charge in [-0.15, -0.1) is 0 Å². The molecule has 1 aromatic carbocycles. The lowest BCUT2D eigenvalue weighted by Crippen LogP contribution is -1.86. The fraction of sp³-hybridized carbons (Fsp3) is 0.111. The molecule has 0 aromatic heterocycles. The molecule has 0 bridgehead atoms. The predicted molar refractivity (Wildman–Crippen MR) is 41.6 cm³/mol. The van der Waals surface area contributed by atoms with Crippen LogP contribution in [0, 0.1) is 0 Å². The number of benzene rings is 1. The van der Waals surface area contributed by atoms with Crippen LogP contribution in [0.25, 0.3) is 0 Å². The van der Waals surface area contributed by atoms with E-state index in [-0.39, 0.29) is 0 Å². The summed E-state index contributed by atoms with van der Waals surface area (Å²) in [5.74, 6) is 0. The van der Waals surface area contributed by atoms with Gasteiger partial charge in [-0.1, -0.05) is 24.3 Å². The summed E-state index contributed by atoms with van der Waals surface area (Å²) in [4.78, 5) is 20.3. The molecule has 1 aromatic rings. The second kappa shape index (κ2) is 3.66. The van der Waals surface area contributed by atoms with Gasteiger partial charge < -0.3 is 4.79 Å². The molecular weight excluding hydrogens is 140 g/mol. The summed E-state index contributed by atoms with van der Waals surface area (Å²) in [5.41, 5.74) is 1.57. The molecule has 0 N–H and O–H groups in total. The molecule has 11 heavy (non-hydrogen) atoms. The molecule has 0 saturated heterocycles. The van der Waals surface area contributed by atoms with Gasteiger partial charge in [-0.3, -0.25) is 4.79 Å². The van der Waals surface area contributed by atoms with Crippen LogP contribution in [0.2, 0.25) is 0 Å². The van der Waals surface area contributed by atoms with Crippen LogP contribution in [0.15, 0.2) is 24.3 Å². The van der Waals surface area contributed by atoms with Gasteiger partial charge in [0.2, 0.25) is 0 Å². The molecule has 1 rings (SSSR count). The van der Waals surface area contributed by atoms with E-state index in [0.717, 1.165) is 18.1 Å². The van der Waals surface area contributed by atoms with Crippen LogP contribution in [0.4, 0.5) is 0 Å². The fourth-order valence-electron chi connectivity index (χ4n) is 0.829. The lowest BCUT2D eigenvalue weighted by molar-refractivity contribution is -0.107. The Morgan fingerprint density at radius 1 is 1.09 bits per heavy atom.